The Kier molecular flexibility index (Phi) is 4.36. The molecule has 1 aromatic carbocycles. The number of nitrogens with zero attached hydrogens (tertiary/aromatic N) is 4. The first-order valence-electron chi connectivity index (χ1n) is 10.3. The lowest BCUT2D eigenvalue weighted by molar-refractivity contribution is 0.00578. The summed E-state index contributed by atoms with van der Waals surface area (Å²) in [6.07, 6.45) is 0.355. The molecule has 11 heteroatoms. The first-order chi connectivity index (χ1) is 14.6. The molecule has 4 heterocycles. The largest absolute Gasteiger partial charge is 0.498 e. The molecule has 5 rings (SSSR count). The summed E-state index contributed by atoms with van der Waals surface area (Å²) in [5, 5.41) is 9.85. The van der Waals surface area contributed by atoms with Crippen LogP contribution in [0.5, 0.6) is 5.75 Å². The lowest BCUT2D eigenvalue weighted by Crippen LogP contribution is -2.56. The fourth-order valence-electron chi connectivity index (χ4n) is 4.29. The lowest BCUT2D eigenvalue weighted by Gasteiger charge is -2.39. The average molecular weight is 430 g/mol. The van der Waals surface area contributed by atoms with Crippen molar-refractivity contribution in [2.45, 2.75) is 44.9 Å². The third-order valence-corrected chi connectivity index (χ3v) is 6.79. The number of aromatic nitrogens is 2. The Morgan fingerprint density at radius 3 is 2.61 bits per heavy atom. The molecule has 3 aliphatic rings. The van der Waals surface area contributed by atoms with E-state index in [1.807, 2.05) is 32.6 Å². The predicted octanol–water partition coefficient (Wildman–Crippen LogP) is 1.63. The van der Waals surface area contributed by atoms with Gasteiger partial charge in [0.15, 0.2) is 0 Å². The van der Waals surface area contributed by atoms with Crippen LogP contribution in [0.25, 0.3) is 10.9 Å². The van der Waals surface area contributed by atoms with Gasteiger partial charge in [0.25, 0.3) is 0 Å². The number of amides is 1. The SMILES string of the molecule is CC1(C)OB(c2cc3c4c(ncnc4c2F)N2CCN(C(=O)O)C[C@H]2CO3)OC1(C)C. The molecule has 1 N–H and O–H groups in total. The third-order valence-electron chi connectivity index (χ3n) is 6.79. The van der Waals surface area contributed by atoms with E-state index in [-0.39, 0.29) is 30.2 Å². The quantitative estimate of drug-likeness (QED) is 0.683. The van der Waals surface area contributed by atoms with E-state index in [0.717, 1.165) is 0 Å². The number of fused-ring (bicyclic) bond motifs is 2. The second-order valence-electron chi connectivity index (χ2n) is 9.17. The van der Waals surface area contributed by atoms with Crippen molar-refractivity contribution in [1.82, 2.24) is 14.9 Å². The Balaban J connectivity index is 1.60. The highest BCUT2D eigenvalue weighted by Crippen LogP contribution is 2.40. The van der Waals surface area contributed by atoms with E-state index in [9.17, 15) is 9.90 Å². The number of carboxylic acid groups (broad SMARTS) is 1. The summed E-state index contributed by atoms with van der Waals surface area (Å²) in [6.45, 7) is 8.92. The molecule has 3 aliphatic heterocycles. The standard InChI is InChI=1S/C20H24BFN4O5/c1-19(2)20(3,4)31-21(30-19)12-7-13-14-16(15(12)22)23-10-24-17(14)26-6-5-25(18(27)28)8-11(26)9-29-13/h7,10-11H,5-6,8-9H2,1-4H3,(H,27,28)/t11-/m0/s1. The van der Waals surface area contributed by atoms with Gasteiger partial charge in [0, 0.05) is 25.1 Å². The molecule has 0 radical (unpaired) electrons. The number of carbonyl (C=O) groups is 1. The molecule has 1 aromatic heterocycles. The van der Waals surface area contributed by atoms with Crippen LogP contribution in [0, 0.1) is 5.82 Å². The second-order valence-corrected chi connectivity index (χ2v) is 9.17. The van der Waals surface area contributed by atoms with Crippen LogP contribution in [0.1, 0.15) is 27.7 Å². The summed E-state index contributed by atoms with van der Waals surface area (Å²) >= 11 is 0. The summed E-state index contributed by atoms with van der Waals surface area (Å²) in [5.74, 6) is 0.451. The van der Waals surface area contributed by atoms with Crippen LogP contribution < -0.4 is 15.1 Å². The number of anilines is 1. The molecule has 2 aromatic rings. The maximum Gasteiger partial charge on any atom is 0.498 e. The van der Waals surface area contributed by atoms with Gasteiger partial charge in [0.1, 0.15) is 35.8 Å². The number of rotatable bonds is 1. The van der Waals surface area contributed by atoms with Crippen LogP contribution in [0.4, 0.5) is 15.0 Å². The highest BCUT2D eigenvalue weighted by molar-refractivity contribution is 6.62. The topological polar surface area (TPSA) is 97.3 Å². The van der Waals surface area contributed by atoms with Crippen molar-refractivity contribution in [2.75, 3.05) is 31.1 Å². The molecule has 164 valence electrons. The monoisotopic (exact) mass is 430 g/mol. The molecule has 0 spiro atoms. The highest BCUT2D eigenvalue weighted by Gasteiger charge is 2.53. The maximum absolute atomic E-state index is 15.7. The van der Waals surface area contributed by atoms with Crippen LogP contribution in [-0.4, -0.2) is 76.7 Å². The van der Waals surface area contributed by atoms with Crippen molar-refractivity contribution in [2.24, 2.45) is 0 Å². The summed E-state index contributed by atoms with van der Waals surface area (Å²) < 4.78 is 33.8. The number of hydrogen-bond acceptors (Lipinski definition) is 7. The van der Waals surface area contributed by atoms with Gasteiger partial charge in [-0.1, -0.05) is 0 Å². The zero-order valence-corrected chi connectivity index (χ0v) is 17.9. The summed E-state index contributed by atoms with van der Waals surface area (Å²) in [7, 11) is -0.902. The van der Waals surface area contributed by atoms with E-state index >= 15 is 4.39 Å². The molecule has 31 heavy (non-hydrogen) atoms. The van der Waals surface area contributed by atoms with E-state index in [1.165, 1.54) is 11.2 Å². The van der Waals surface area contributed by atoms with Gasteiger partial charge in [-0.15, -0.1) is 0 Å². The summed E-state index contributed by atoms with van der Waals surface area (Å²) in [5.41, 5.74) is -0.885. The van der Waals surface area contributed by atoms with Crippen molar-refractivity contribution in [1.29, 1.82) is 0 Å². The Hall–Kier alpha value is -2.66. The normalized spacial score (nSPS) is 24.0. The van der Waals surface area contributed by atoms with Crippen molar-refractivity contribution < 1.29 is 28.3 Å². The molecule has 1 amide bonds. The Morgan fingerprint density at radius 2 is 1.94 bits per heavy atom. The minimum atomic E-state index is -0.969. The van der Waals surface area contributed by atoms with Crippen molar-refractivity contribution in [3.8, 4) is 5.75 Å². The fourth-order valence-corrected chi connectivity index (χ4v) is 4.29. The molecule has 2 fully saturated rings. The number of ether oxygens (including phenoxy) is 1. The Bertz CT molecular complexity index is 1070. The summed E-state index contributed by atoms with van der Waals surface area (Å²) in [4.78, 5) is 23.4. The smallest absolute Gasteiger partial charge is 0.491 e. The number of piperazine rings is 1. The van der Waals surface area contributed by atoms with Crippen LogP contribution in [-0.2, 0) is 9.31 Å². The lowest BCUT2D eigenvalue weighted by atomic mass is 9.78. The van der Waals surface area contributed by atoms with Crippen molar-refractivity contribution in [3.05, 3.63) is 18.2 Å². The molecule has 1 atom stereocenters. The Morgan fingerprint density at radius 1 is 1.23 bits per heavy atom. The number of halogens is 1. The molecule has 0 saturated carbocycles. The van der Waals surface area contributed by atoms with Gasteiger partial charge in [-0.05, 0) is 33.8 Å². The van der Waals surface area contributed by atoms with Crippen molar-refractivity contribution in [3.63, 3.8) is 0 Å². The van der Waals surface area contributed by atoms with E-state index in [0.29, 0.717) is 30.0 Å². The average Bonchev–Trinajstić information content (AvgIpc) is 2.84. The molecular weight excluding hydrogens is 406 g/mol. The van der Waals surface area contributed by atoms with Crippen molar-refractivity contribution >= 4 is 35.4 Å². The minimum absolute atomic E-state index is 0.133. The van der Waals surface area contributed by atoms with Crippen LogP contribution in [0.3, 0.4) is 0 Å². The zero-order valence-electron chi connectivity index (χ0n) is 17.9. The van der Waals surface area contributed by atoms with Gasteiger partial charge in [-0.2, -0.15) is 0 Å². The molecule has 0 bridgehead atoms. The van der Waals surface area contributed by atoms with E-state index in [1.54, 1.807) is 6.07 Å². The van der Waals surface area contributed by atoms with Crippen LogP contribution >= 0.6 is 0 Å². The highest BCUT2D eigenvalue weighted by atomic mass is 19.1. The fraction of sp³-hybridized carbons (Fsp3) is 0.550. The maximum atomic E-state index is 15.7. The van der Waals surface area contributed by atoms with E-state index in [2.05, 4.69) is 9.97 Å². The first-order valence-corrected chi connectivity index (χ1v) is 10.3. The predicted molar refractivity (Wildman–Crippen MR) is 111 cm³/mol. The minimum Gasteiger partial charge on any atom is -0.491 e. The molecule has 2 saturated heterocycles. The molecule has 0 aliphatic carbocycles. The molecular formula is C20H24BFN4O5. The van der Waals surface area contributed by atoms with Crippen LogP contribution in [0.2, 0.25) is 0 Å². The van der Waals surface area contributed by atoms with E-state index in [4.69, 9.17) is 14.0 Å². The molecule has 0 unspecified atom stereocenters. The van der Waals surface area contributed by atoms with Crippen LogP contribution in [0.15, 0.2) is 12.4 Å². The zero-order chi connectivity index (χ0) is 22.1. The third kappa shape index (κ3) is 3.01. The Labute approximate surface area is 179 Å². The van der Waals surface area contributed by atoms with E-state index < -0.39 is 30.2 Å². The van der Waals surface area contributed by atoms with Gasteiger partial charge in [0.05, 0.1) is 22.6 Å². The van der Waals surface area contributed by atoms with Gasteiger partial charge >= 0.3 is 13.2 Å². The first kappa shape index (κ1) is 20.3. The second kappa shape index (κ2) is 6.67. The number of hydrogen-bond donors (Lipinski definition) is 1. The number of benzene rings is 1. The molecule has 9 nitrogen and oxygen atoms in total. The van der Waals surface area contributed by atoms with Gasteiger partial charge in [-0.25, -0.2) is 19.2 Å². The van der Waals surface area contributed by atoms with Gasteiger partial charge in [0.2, 0.25) is 0 Å². The van der Waals surface area contributed by atoms with Gasteiger partial charge < -0.3 is 29.0 Å². The summed E-state index contributed by atoms with van der Waals surface area (Å²) in [6, 6.07) is 1.36. The van der Waals surface area contributed by atoms with Gasteiger partial charge in [-0.3, -0.25) is 0 Å².